The Morgan fingerprint density at radius 1 is 1.17 bits per heavy atom. The first kappa shape index (κ1) is 25.3. The van der Waals surface area contributed by atoms with Crippen molar-refractivity contribution in [1.29, 1.82) is 0 Å². The summed E-state index contributed by atoms with van der Waals surface area (Å²) in [6, 6.07) is 4.48. The van der Waals surface area contributed by atoms with Crippen molar-refractivity contribution in [3.63, 3.8) is 0 Å². The molecule has 1 unspecified atom stereocenters. The number of piperidine rings is 1. The van der Waals surface area contributed by atoms with Crippen LogP contribution in [-0.4, -0.2) is 44.3 Å². The topological polar surface area (TPSA) is 88.1 Å². The Kier molecular flexibility index (Phi) is 9.53. The Morgan fingerprint density at radius 3 is 2.14 bits per heavy atom. The molecule has 1 atom stereocenters. The van der Waals surface area contributed by atoms with Crippen molar-refractivity contribution in [2.24, 2.45) is 0 Å². The van der Waals surface area contributed by atoms with E-state index >= 15 is 0 Å². The van der Waals surface area contributed by atoms with Gasteiger partial charge in [0.1, 0.15) is 16.6 Å². The molecule has 0 radical (unpaired) electrons. The number of hydrogen-bond donors (Lipinski definition) is 2. The molecule has 1 heterocycles. The van der Waals surface area contributed by atoms with Gasteiger partial charge in [-0.15, -0.1) is 0 Å². The zero-order valence-electron chi connectivity index (χ0n) is 16.8. The van der Waals surface area contributed by atoms with Gasteiger partial charge >= 0.3 is 6.18 Å². The molecule has 2 rings (SSSR count). The molecule has 1 aliphatic rings. The van der Waals surface area contributed by atoms with Crippen LogP contribution in [0.2, 0.25) is 0 Å². The average Bonchev–Trinajstić information content (AvgIpc) is 2.70. The van der Waals surface area contributed by atoms with Gasteiger partial charge in [0, 0.05) is 13.1 Å². The minimum absolute atomic E-state index is 0.219. The second-order valence-corrected chi connectivity index (χ2v) is 8.17. The van der Waals surface area contributed by atoms with Crippen LogP contribution in [0.4, 0.5) is 13.2 Å². The van der Waals surface area contributed by atoms with E-state index in [1.54, 1.807) is 0 Å². The smallest absolute Gasteiger partial charge is 0.416 e. The summed E-state index contributed by atoms with van der Waals surface area (Å²) in [6.45, 7) is 7.48. The van der Waals surface area contributed by atoms with E-state index in [4.69, 9.17) is 14.2 Å². The van der Waals surface area contributed by atoms with Crippen molar-refractivity contribution in [2.75, 3.05) is 13.1 Å². The van der Waals surface area contributed by atoms with Gasteiger partial charge in [-0.05, 0) is 51.0 Å². The number of rotatable bonds is 6. The number of ether oxygens (including phenoxy) is 1. The summed E-state index contributed by atoms with van der Waals surface area (Å²) < 4.78 is 59.4. The number of alkyl halides is 3. The number of hydrogen-bond acceptors (Lipinski definition) is 6. The van der Waals surface area contributed by atoms with E-state index < -0.39 is 33.5 Å². The summed E-state index contributed by atoms with van der Waals surface area (Å²) in [5.74, 6) is -0.493. The van der Waals surface area contributed by atoms with Crippen LogP contribution in [-0.2, 0) is 26.3 Å². The molecule has 1 aromatic rings. The monoisotopic (exact) mass is 440 g/mol. The maximum absolute atomic E-state index is 12.6. The molecule has 2 N–H and O–H groups in total. The van der Waals surface area contributed by atoms with E-state index in [0.29, 0.717) is 31.7 Å². The van der Waals surface area contributed by atoms with Crippen LogP contribution < -0.4 is 10.2 Å². The van der Waals surface area contributed by atoms with E-state index in [0.717, 1.165) is 12.1 Å². The average molecular weight is 440 g/mol. The molecular formula is C18H27F3N2O5S. The molecule has 1 fully saturated rings. The highest BCUT2D eigenvalue weighted by atomic mass is 32.2. The Hall–Kier alpha value is -1.69. The Bertz CT molecular complexity index is 675. The minimum atomic E-state index is -4.39. The SMILES string of the molecule is CC.CC(C)(C(=O)NO)S(=O)ON1CCC(Oc2ccc(C(F)(F)F)cc2)CC1. The van der Waals surface area contributed by atoms with Crippen LogP contribution in [0.15, 0.2) is 24.3 Å². The van der Waals surface area contributed by atoms with E-state index in [-0.39, 0.29) is 6.10 Å². The number of benzene rings is 1. The van der Waals surface area contributed by atoms with Crippen molar-refractivity contribution in [1.82, 2.24) is 10.5 Å². The summed E-state index contributed by atoms with van der Waals surface area (Å²) in [4.78, 5) is 11.5. The Morgan fingerprint density at radius 2 is 1.69 bits per heavy atom. The second-order valence-electron chi connectivity index (χ2n) is 6.53. The predicted octanol–water partition coefficient (Wildman–Crippen LogP) is 3.45. The Balaban J connectivity index is 0.00000204. The van der Waals surface area contributed by atoms with Crippen LogP contribution in [0.1, 0.15) is 46.1 Å². The fourth-order valence-corrected chi connectivity index (χ4v) is 3.06. The molecular weight excluding hydrogens is 413 g/mol. The van der Waals surface area contributed by atoms with Gasteiger partial charge in [-0.25, -0.2) is 9.69 Å². The zero-order valence-corrected chi connectivity index (χ0v) is 17.6. The van der Waals surface area contributed by atoms with Crippen molar-refractivity contribution >= 4 is 17.0 Å². The number of nitrogens with zero attached hydrogens (tertiary/aromatic N) is 1. The molecule has 11 heteroatoms. The minimum Gasteiger partial charge on any atom is -0.490 e. The van der Waals surface area contributed by atoms with Crippen molar-refractivity contribution in [2.45, 2.75) is 57.6 Å². The largest absolute Gasteiger partial charge is 0.490 e. The van der Waals surface area contributed by atoms with E-state index in [1.165, 1.54) is 36.5 Å². The van der Waals surface area contributed by atoms with Gasteiger partial charge in [0.25, 0.3) is 5.91 Å². The lowest BCUT2D eigenvalue weighted by molar-refractivity contribution is -0.137. The first-order chi connectivity index (χ1) is 13.5. The molecule has 29 heavy (non-hydrogen) atoms. The first-order valence-electron chi connectivity index (χ1n) is 9.17. The Labute approximate surface area is 170 Å². The molecule has 0 aromatic heterocycles. The maximum atomic E-state index is 12.6. The van der Waals surface area contributed by atoms with Crippen LogP contribution >= 0.6 is 0 Å². The summed E-state index contributed by atoms with van der Waals surface area (Å²) in [5, 5.41) is 10.1. The van der Waals surface area contributed by atoms with E-state index in [1.807, 2.05) is 13.8 Å². The van der Waals surface area contributed by atoms with E-state index in [9.17, 15) is 22.2 Å². The van der Waals surface area contributed by atoms with Crippen LogP contribution in [0, 0.1) is 0 Å². The van der Waals surface area contributed by atoms with Crippen molar-refractivity contribution in [3.05, 3.63) is 29.8 Å². The van der Waals surface area contributed by atoms with Gasteiger partial charge in [-0.1, -0.05) is 13.8 Å². The lowest BCUT2D eigenvalue weighted by Gasteiger charge is -2.32. The van der Waals surface area contributed by atoms with Gasteiger partial charge in [0.2, 0.25) is 0 Å². The number of amides is 1. The highest BCUT2D eigenvalue weighted by Gasteiger charge is 2.38. The standard InChI is InChI=1S/C16H21F3N2O5S.C2H6/c1-15(2,14(22)20-23)27(24)26-21-9-7-13(8-10-21)25-12-5-3-11(4-6-12)16(17,18)19;1-2/h3-6,13,23H,7-10H2,1-2H3,(H,20,22);1-2H3. The summed E-state index contributed by atoms with van der Waals surface area (Å²) in [6.07, 6.45) is -3.60. The molecule has 7 nitrogen and oxygen atoms in total. The van der Waals surface area contributed by atoms with Gasteiger partial charge in [-0.3, -0.25) is 10.0 Å². The molecule has 166 valence electrons. The summed E-state index contributed by atoms with van der Waals surface area (Å²) >= 11 is -2.01. The number of halogens is 3. The second kappa shape index (κ2) is 10.9. The lowest BCUT2D eigenvalue weighted by Crippen LogP contribution is -2.47. The lowest BCUT2D eigenvalue weighted by atomic mass is 10.1. The molecule has 1 aliphatic heterocycles. The quantitative estimate of drug-likeness (QED) is 0.520. The highest BCUT2D eigenvalue weighted by molar-refractivity contribution is 7.82. The third kappa shape index (κ3) is 7.25. The molecule has 0 saturated carbocycles. The van der Waals surface area contributed by atoms with Gasteiger partial charge in [0.05, 0.1) is 5.56 Å². The molecule has 0 spiro atoms. The zero-order chi connectivity index (χ0) is 22.2. The summed E-state index contributed by atoms with van der Waals surface area (Å²) in [5.41, 5.74) is 0.709. The van der Waals surface area contributed by atoms with Crippen LogP contribution in [0.25, 0.3) is 0 Å². The fraction of sp³-hybridized carbons (Fsp3) is 0.611. The molecule has 0 bridgehead atoms. The van der Waals surface area contributed by atoms with Gasteiger partial charge < -0.3 is 4.74 Å². The van der Waals surface area contributed by atoms with E-state index in [2.05, 4.69) is 0 Å². The molecule has 1 saturated heterocycles. The molecule has 1 aromatic carbocycles. The number of hydroxylamine groups is 3. The maximum Gasteiger partial charge on any atom is 0.416 e. The third-order valence-electron chi connectivity index (χ3n) is 4.12. The van der Waals surface area contributed by atoms with Gasteiger partial charge in [-0.2, -0.15) is 22.5 Å². The van der Waals surface area contributed by atoms with Crippen LogP contribution in [0.3, 0.4) is 0 Å². The van der Waals surface area contributed by atoms with Gasteiger partial charge in [0.15, 0.2) is 11.1 Å². The van der Waals surface area contributed by atoms with Crippen molar-refractivity contribution in [3.8, 4) is 5.75 Å². The summed E-state index contributed by atoms with van der Waals surface area (Å²) in [7, 11) is 0. The molecule has 0 aliphatic carbocycles. The number of carbonyl (C=O) groups excluding carboxylic acids is 1. The van der Waals surface area contributed by atoms with Crippen LogP contribution in [0.5, 0.6) is 5.75 Å². The highest BCUT2D eigenvalue weighted by Crippen LogP contribution is 2.31. The van der Waals surface area contributed by atoms with Crippen molar-refractivity contribution < 1.29 is 36.4 Å². The number of nitrogens with one attached hydrogen (secondary N) is 1. The number of carbonyl (C=O) groups is 1. The third-order valence-corrected chi connectivity index (χ3v) is 5.49. The normalized spacial score (nSPS) is 17.1. The first-order valence-corrected chi connectivity index (χ1v) is 10.2. The fourth-order valence-electron chi connectivity index (χ4n) is 2.34. The predicted molar refractivity (Wildman–Crippen MR) is 101 cm³/mol. The molecule has 1 amide bonds.